The van der Waals surface area contributed by atoms with Crippen LogP contribution >= 0.6 is 11.3 Å². The number of hydrogen-bond acceptors (Lipinski definition) is 4. The monoisotopic (exact) mass is 293 g/mol. The molecule has 106 valence electrons. The second kappa shape index (κ2) is 6.00. The molecule has 1 heterocycles. The Morgan fingerprint density at radius 2 is 2.25 bits per heavy atom. The SMILES string of the molecule is CC(C)c1csc(CNC(=O)c2cc(F)ccc2N)n1. The Hall–Kier alpha value is -1.95. The van der Waals surface area contributed by atoms with Crippen molar-refractivity contribution in [3.8, 4) is 0 Å². The number of anilines is 1. The molecule has 2 rings (SSSR count). The summed E-state index contributed by atoms with van der Waals surface area (Å²) in [6.07, 6.45) is 0. The Kier molecular flexibility index (Phi) is 4.34. The molecule has 0 bridgehead atoms. The molecule has 1 aromatic carbocycles. The van der Waals surface area contributed by atoms with Gasteiger partial charge in [0.1, 0.15) is 10.8 Å². The highest BCUT2D eigenvalue weighted by molar-refractivity contribution is 7.09. The lowest BCUT2D eigenvalue weighted by molar-refractivity contribution is 0.0951. The average Bonchev–Trinajstić information content (AvgIpc) is 2.88. The van der Waals surface area contributed by atoms with E-state index in [0.29, 0.717) is 12.5 Å². The molecule has 0 spiro atoms. The maximum Gasteiger partial charge on any atom is 0.253 e. The van der Waals surface area contributed by atoms with Crippen LogP contribution in [0.15, 0.2) is 23.6 Å². The van der Waals surface area contributed by atoms with Crippen LogP contribution in [0.3, 0.4) is 0 Å². The van der Waals surface area contributed by atoms with Crippen LogP contribution in [0, 0.1) is 5.82 Å². The Bertz CT molecular complexity index is 625. The minimum absolute atomic E-state index is 0.144. The van der Waals surface area contributed by atoms with E-state index in [9.17, 15) is 9.18 Å². The molecule has 0 atom stereocenters. The second-order valence-corrected chi connectivity index (χ2v) is 5.68. The van der Waals surface area contributed by atoms with Crippen molar-refractivity contribution in [1.29, 1.82) is 0 Å². The fourth-order valence-electron chi connectivity index (χ4n) is 1.65. The second-order valence-electron chi connectivity index (χ2n) is 4.74. The third-order valence-electron chi connectivity index (χ3n) is 2.82. The number of nitrogen functional groups attached to an aromatic ring is 1. The van der Waals surface area contributed by atoms with Gasteiger partial charge in [0.2, 0.25) is 0 Å². The van der Waals surface area contributed by atoms with Gasteiger partial charge in [-0.2, -0.15) is 0 Å². The fourth-order valence-corrected chi connectivity index (χ4v) is 2.54. The third-order valence-corrected chi connectivity index (χ3v) is 3.69. The van der Waals surface area contributed by atoms with Gasteiger partial charge in [-0.15, -0.1) is 11.3 Å². The molecule has 0 unspecified atom stereocenters. The zero-order valence-corrected chi connectivity index (χ0v) is 12.1. The number of nitrogens with two attached hydrogens (primary N) is 1. The molecule has 2 aromatic rings. The molecule has 0 saturated carbocycles. The number of hydrogen-bond donors (Lipinski definition) is 2. The summed E-state index contributed by atoms with van der Waals surface area (Å²) in [6.45, 7) is 4.43. The zero-order valence-electron chi connectivity index (χ0n) is 11.3. The summed E-state index contributed by atoms with van der Waals surface area (Å²) >= 11 is 1.49. The number of benzene rings is 1. The van der Waals surface area contributed by atoms with E-state index in [1.807, 2.05) is 5.38 Å². The van der Waals surface area contributed by atoms with E-state index in [-0.39, 0.29) is 11.3 Å². The van der Waals surface area contributed by atoms with Gasteiger partial charge in [0.15, 0.2) is 0 Å². The number of carbonyl (C=O) groups is 1. The van der Waals surface area contributed by atoms with E-state index in [2.05, 4.69) is 24.1 Å². The van der Waals surface area contributed by atoms with E-state index in [0.717, 1.165) is 16.8 Å². The smallest absolute Gasteiger partial charge is 0.253 e. The Labute approximate surface area is 120 Å². The lowest BCUT2D eigenvalue weighted by atomic mass is 10.1. The van der Waals surface area contributed by atoms with Crippen LogP contribution in [0.1, 0.15) is 40.8 Å². The number of amides is 1. The summed E-state index contributed by atoms with van der Waals surface area (Å²) in [5.74, 6) is -0.529. The number of aromatic nitrogens is 1. The maximum absolute atomic E-state index is 13.1. The van der Waals surface area contributed by atoms with Crippen molar-refractivity contribution in [1.82, 2.24) is 10.3 Å². The van der Waals surface area contributed by atoms with Crippen LogP contribution in [0.5, 0.6) is 0 Å². The average molecular weight is 293 g/mol. The first kappa shape index (κ1) is 14.5. The highest BCUT2D eigenvalue weighted by Crippen LogP contribution is 2.18. The van der Waals surface area contributed by atoms with Gasteiger partial charge in [0, 0.05) is 11.1 Å². The summed E-state index contributed by atoms with van der Waals surface area (Å²) in [4.78, 5) is 16.4. The standard InChI is InChI=1S/C14H16FN3OS/c1-8(2)12-7-20-13(18-12)6-17-14(19)10-5-9(15)3-4-11(10)16/h3-5,7-8H,6,16H2,1-2H3,(H,17,19). The van der Waals surface area contributed by atoms with Crippen molar-refractivity contribution in [2.45, 2.75) is 26.3 Å². The molecule has 0 saturated heterocycles. The molecule has 1 aromatic heterocycles. The molecular weight excluding hydrogens is 277 g/mol. The zero-order chi connectivity index (χ0) is 14.7. The van der Waals surface area contributed by atoms with Gasteiger partial charge in [0.05, 0.1) is 17.8 Å². The lowest BCUT2D eigenvalue weighted by Crippen LogP contribution is -2.24. The van der Waals surface area contributed by atoms with Crippen molar-refractivity contribution in [2.24, 2.45) is 0 Å². The van der Waals surface area contributed by atoms with Gasteiger partial charge in [-0.3, -0.25) is 4.79 Å². The molecule has 0 aliphatic carbocycles. The van der Waals surface area contributed by atoms with Crippen molar-refractivity contribution >= 4 is 22.9 Å². The summed E-state index contributed by atoms with van der Waals surface area (Å²) in [5, 5.41) is 5.49. The van der Waals surface area contributed by atoms with Gasteiger partial charge < -0.3 is 11.1 Å². The van der Waals surface area contributed by atoms with Gasteiger partial charge in [0.25, 0.3) is 5.91 Å². The molecule has 20 heavy (non-hydrogen) atoms. The van der Waals surface area contributed by atoms with E-state index in [1.165, 1.54) is 23.5 Å². The summed E-state index contributed by atoms with van der Waals surface area (Å²) in [6, 6.07) is 3.73. The van der Waals surface area contributed by atoms with Crippen molar-refractivity contribution in [3.63, 3.8) is 0 Å². The van der Waals surface area contributed by atoms with Crippen LogP contribution < -0.4 is 11.1 Å². The van der Waals surface area contributed by atoms with Gasteiger partial charge in [-0.25, -0.2) is 9.37 Å². The summed E-state index contributed by atoms with van der Waals surface area (Å²) < 4.78 is 13.1. The highest BCUT2D eigenvalue weighted by Gasteiger charge is 2.12. The van der Waals surface area contributed by atoms with Gasteiger partial charge in [-0.1, -0.05) is 13.8 Å². The minimum atomic E-state index is -0.485. The molecular formula is C14H16FN3OS. The molecule has 0 aliphatic rings. The van der Waals surface area contributed by atoms with Crippen LogP contribution in [-0.2, 0) is 6.54 Å². The normalized spacial score (nSPS) is 10.8. The number of thiazole rings is 1. The van der Waals surface area contributed by atoms with E-state index >= 15 is 0 Å². The molecule has 0 fully saturated rings. The minimum Gasteiger partial charge on any atom is -0.398 e. The molecule has 6 heteroatoms. The van der Waals surface area contributed by atoms with Crippen LogP contribution in [0.25, 0.3) is 0 Å². The quantitative estimate of drug-likeness (QED) is 0.852. The first-order chi connectivity index (χ1) is 9.47. The fraction of sp³-hybridized carbons (Fsp3) is 0.286. The summed E-state index contributed by atoms with van der Waals surface area (Å²) in [5.41, 5.74) is 7.07. The van der Waals surface area contributed by atoms with E-state index in [4.69, 9.17) is 5.73 Å². The number of halogens is 1. The molecule has 1 amide bonds. The molecule has 0 radical (unpaired) electrons. The van der Waals surface area contributed by atoms with Crippen molar-refractivity contribution in [3.05, 3.63) is 45.7 Å². The van der Waals surface area contributed by atoms with Crippen molar-refractivity contribution < 1.29 is 9.18 Å². The van der Waals surface area contributed by atoms with Crippen LogP contribution in [-0.4, -0.2) is 10.9 Å². The van der Waals surface area contributed by atoms with Gasteiger partial charge >= 0.3 is 0 Å². The molecule has 3 N–H and O–H groups in total. The number of nitrogens with zero attached hydrogens (tertiary/aromatic N) is 1. The van der Waals surface area contributed by atoms with Crippen LogP contribution in [0.2, 0.25) is 0 Å². The molecule has 4 nitrogen and oxygen atoms in total. The topological polar surface area (TPSA) is 68.0 Å². The maximum atomic E-state index is 13.1. The number of nitrogens with one attached hydrogen (secondary N) is 1. The number of carbonyl (C=O) groups excluding carboxylic acids is 1. The molecule has 0 aliphatic heterocycles. The van der Waals surface area contributed by atoms with Crippen molar-refractivity contribution in [2.75, 3.05) is 5.73 Å². The summed E-state index contributed by atoms with van der Waals surface area (Å²) in [7, 11) is 0. The first-order valence-corrected chi connectivity index (χ1v) is 7.13. The third kappa shape index (κ3) is 3.33. The number of rotatable bonds is 4. The largest absolute Gasteiger partial charge is 0.398 e. The Morgan fingerprint density at radius 1 is 1.50 bits per heavy atom. The van der Waals surface area contributed by atoms with Gasteiger partial charge in [-0.05, 0) is 24.1 Å². The predicted octanol–water partition coefficient (Wildman–Crippen LogP) is 2.92. The lowest BCUT2D eigenvalue weighted by Gasteiger charge is -2.06. The van der Waals surface area contributed by atoms with E-state index in [1.54, 1.807) is 0 Å². The van der Waals surface area contributed by atoms with E-state index < -0.39 is 11.7 Å². The Morgan fingerprint density at radius 3 is 2.90 bits per heavy atom. The Balaban J connectivity index is 2.02. The predicted molar refractivity (Wildman–Crippen MR) is 78.2 cm³/mol. The van der Waals surface area contributed by atoms with Crippen LogP contribution in [0.4, 0.5) is 10.1 Å². The highest BCUT2D eigenvalue weighted by atomic mass is 32.1. The first-order valence-electron chi connectivity index (χ1n) is 6.25.